The van der Waals surface area contributed by atoms with Gasteiger partial charge in [0.1, 0.15) is 5.82 Å². The number of nitrogens with zero attached hydrogens (tertiary/aromatic N) is 2. The number of halogens is 3. The minimum absolute atomic E-state index is 0.139. The molecule has 2 heterocycles. The number of likely N-dealkylation sites (tertiary alicyclic amines) is 2. The van der Waals surface area contributed by atoms with Crippen LogP contribution in [0.3, 0.4) is 0 Å². The number of carbonyl (C=O) groups is 1. The average Bonchev–Trinajstić information content (AvgIpc) is 2.91. The van der Waals surface area contributed by atoms with E-state index in [9.17, 15) is 18.0 Å². The Morgan fingerprint density at radius 3 is 2.50 bits per heavy atom. The van der Waals surface area contributed by atoms with Gasteiger partial charge in [-0.2, -0.15) is 0 Å². The lowest BCUT2D eigenvalue weighted by Crippen LogP contribution is -2.60. The minimum Gasteiger partial charge on any atom is -0.345 e. The Balaban J connectivity index is 1.78. The van der Waals surface area contributed by atoms with E-state index in [0.717, 1.165) is 13.1 Å². The van der Waals surface area contributed by atoms with Gasteiger partial charge in [0.05, 0.1) is 12.1 Å². The summed E-state index contributed by atoms with van der Waals surface area (Å²) in [5.41, 5.74) is 0.428. The number of benzene rings is 1. The van der Waals surface area contributed by atoms with Crippen molar-refractivity contribution in [3.63, 3.8) is 0 Å². The monoisotopic (exact) mass is 369 g/mol. The van der Waals surface area contributed by atoms with Crippen molar-refractivity contribution in [2.24, 2.45) is 0 Å². The predicted octanol–water partition coefficient (Wildman–Crippen LogP) is 2.67. The molecule has 1 aromatic carbocycles. The summed E-state index contributed by atoms with van der Waals surface area (Å²) in [7, 11) is 2.01. The van der Waals surface area contributed by atoms with Crippen LogP contribution < -0.4 is 5.32 Å². The van der Waals surface area contributed by atoms with Crippen LogP contribution in [0.5, 0.6) is 0 Å². The van der Waals surface area contributed by atoms with E-state index in [1.54, 1.807) is 17.9 Å². The third-order valence-electron chi connectivity index (χ3n) is 5.54. The zero-order valence-electron chi connectivity index (χ0n) is 15.3. The standard InChI is InChI=1S/C19H26F3N3O/c1-14-3-4-15(20)11-16(14)17(26)23-18(5-8-24(2)9-6-18)12-25-10-7-19(21,22)13-25/h3-4,11H,5-10,12-13H2,1-2H3,(H,23,26). The van der Waals surface area contributed by atoms with Gasteiger partial charge in [-0.1, -0.05) is 6.07 Å². The molecule has 1 N–H and O–H groups in total. The molecule has 26 heavy (non-hydrogen) atoms. The summed E-state index contributed by atoms with van der Waals surface area (Å²) in [6.07, 6.45) is 1.23. The molecule has 2 fully saturated rings. The van der Waals surface area contributed by atoms with Gasteiger partial charge in [-0.15, -0.1) is 0 Å². The SMILES string of the molecule is Cc1ccc(F)cc1C(=O)NC1(CN2CCC(F)(F)C2)CCN(C)CC1. The van der Waals surface area contributed by atoms with Crippen LogP contribution in [0.15, 0.2) is 18.2 Å². The second-order valence-corrected chi connectivity index (χ2v) is 7.81. The minimum atomic E-state index is -2.66. The van der Waals surface area contributed by atoms with Crippen molar-refractivity contribution in [1.82, 2.24) is 15.1 Å². The summed E-state index contributed by atoms with van der Waals surface area (Å²) in [5.74, 6) is -3.45. The Hall–Kier alpha value is -1.60. The molecule has 2 aliphatic heterocycles. The third-order valence-corrected chi connectivity index (χ3v) is 5.54. The van der Waals surface area contributed by atoms with Gasteiger partial charge >= 0.3 is 0 Å². The number of aryl methyl sites for hydroxylation is 1. The highest BCUT2D eigenvalue weighted by Crippen LogP contribution is 2.31. The number of nitrogens with one attached hydrogen (secondary N) is 1. The lowest BCUT2D eigenvalue weighted by molar-refractivity contribution is 0.00746. The first-order valence-electron chi connectivity index (χ1n) is 9.06. The van der Waals surface area contributed by atoms with Crippen molar-refractivity contribution < 1.29 is 18.0 Å². The molecule has 0 saturated carbocycles. The first-order chi connectivity index (χ1) is 12.2. The van der Waals surface area contributed by atoms with Gasteiger partial charge in [0, 0.05) is 38.2 Å². The van der Waals surface area contributed by atoms with Gasteiger partial charge in [0.15, 0.2) is 0 Å². The van der Waals surface area contributed by atoms with Crippen molar-refractivity contribution >= 4 is 5.91 Å². The number of hydrogen-bond donors (Lipinski definition) is 1. The lowest BCUT2D eigenvalue weighted by atomic mass is 9.86. The fraction of sp³-hybridized carbons (Fsp3) is 0.632. The van der Waals surface area contributed by atoms with E-state index in [0.29, 0.717) is 37.1 Å². The normalized spacial score (nSPS) is 23.1. The van der Waals surface area contributed by atoms with Crippen LogP contribution in [0.1, 0.15) is 35.2 Å². The van der Waals surface area contributed by atoms with Crippen LogP contribution in [-0.4, -0.2) is 66.9 Å². The molecular weight excluding hydrogens is 343 g/mol. The molecule has 1 amide bonds. The molecule has 0 unspecified atom stereocenters. The van der Waals surface area contributed by atoms with Crippen LogP contribution in [0.4, 0.5) is 13.2 Å². The number of amides is 1. The molecule has 144 valence electrons. The molecule has 7 heteroatoms. The summed E-state index contributed by atoms with van der Waals surface area (Å²) >= 11 is 0. The molecule has 0 aliphatic carbocycles. The second kappa shape index (κ2) is 7.19. The fourth-order valence-corrected chi connectivity index (χ4v) is 3.89. The third kappa shape index (κ3) is 4.38. The van der Waals surface area contributed by atoms with Gasteiger partial charge in [-0.05, 0) is 44.5 Å². The van der Waals surface area contributed by atoms with Crippen molar-refractivity contribution in [2.75, 3.05) is 39.8 Å². The van der Waals surface area contributed by atoms with Crippen molar-refractivity contribution in [3.8, 4) is 0 Å². The second-order valence-electron chi connectivity index (χ2n) is 7.81. The average molecular weight is 369 g/mol. The van der Waals surface area contributed by atoms with Crippen molar-refractivity contribution in [2.45, 2.75) is 37.6 Å². The van der Waals surface area contributed by atoms with E-state index < -0.39 is 17.3 Å². The summed E-state index contributed by atoms with van der Waals surface area (Å²) in [6.45, 7) is 3.80. The number of alkyl halides is 2. The molecule has 0 atom stereocenters. The number of rotatable bonds is 4. The number of hydrogen-bond acceptors (Lipinski definition) is 3. The Morgan fingerprint density at radius 2 is 1.88 bits per heavy atom. The van der Waals surface area contributed by atoms with Gasteiger partial charge in [0.25, 0.3) is 11.8 Å². The molecule has 0 aromatic heterocycles. The predicted molar refractivity (Wildman–Crippen MR) is 94.1 cm³/mol. The van der Waals surface area contributed by atoms with E-state index in [1.165, 1.54) is 12.1 Å². The summed E-state index contributed by atoms with van der Waals surface area (Å²) < 4.78 is 40.7. The van der Waals surface area contributed by atoms with E-state index in [1.807, 2.05) is 7.05 Å². The molecule has 1 aromatic rings. The molecule has 0 bridgehead atoms. The van der Waals surface area contributed by atoms with Gasteiger partial charge in [0.2, 0.25) is 0 Å². The lowest BCUT2D eigenvalue weighted by Gasteiger charge is -2.43. The first kappa shape index (κ1) is 19.2. The van der Waals surface area contributed by atoms with E-state index >= 15 is 0 Å². The highest BCUT2D eigenvalue weighted by Gasteiger charge is 2.43. The first-order valence-corrected chi connectivity index (χ1v) is 9.06. The van der Waals surface area contributed by atoms with Crippen LogP contribution in [0, 0.1) is 12.7 Å². The van der Waals surface area contributed by atoms with Crippen LogP contribution in [0.2, 0.25) is 0 Å². The van der Waals surface area contributed by atoms with Crippen LogP contribution in [-0.2, 0) is 0 Å². The van der Waals surface area contributed by atoms with Gasteiger partial charge in [-0.25, -0.2) is 13.2 Å². The molecule has 2 aliphatic rings. The van der Waals surface area contributed by atoms with Crippen LogP contribution in [0.25, 0.3) is 0 Å². The highest BCUT2D eigenvalue weighted by atomic mass is 19.3. The summed E-state index contributed by atoms with van der Waals surface area (Å²) in [4.78, 5) is 16.7. The summed E-state index contributed by atoms with van der Waals surface area (Å²) in [5, 5.41) is 3.07. The quantitative estimate of drug-likeness (QED) is 0.886. The highest BCUT2D eigenvalue weighted by molar-refractivity contribution is 5.96. The maximum Gasteiger partial charge on any atom is 0.261 e. The van der Waals surface area contributed by atoms with Gasteiger partial charge < -0.3 is 10.2 Å². The Morgan fingerprint density at radius 1 is 1.19 bits per heavy atom. The largest absolute Gasteiger partial charge is 0.345 e. The Bertz CT molecular complexity index is 672. The molecule has 0 spiro atoms. The van der Waals surface area contributed by atoms with Crippen molar-refractivity contribution in [3.05, 3.63) is 35.1 Å². The smallest absolute Gasteiger partial charge is 0.261 e. The van der Waals surface area contributed by atoms with Crippen LogP contribution >= 0.6 is 0 Å². The number of carbonyl (C=O) groups excluding carboxylic acids is 1. The molecule has 3 rings (SSSR count). The Labute approximate surface area is 152 Å². The molecule has 4 nitrogen and oxygen atoms in total. The van der Waals surface area contributed by atoms with E-state index in [-0.39, 0.29) is 18.9 Å². The van der Waals surface area contributed by atoms with E-state index in [2.05, 4.69) is 10.2 Å². The summed E-state index contributed by atoms with van der Waals surface area (Å²) in [6, 6.07) is 4.13. The van der Waals surface area contributed by atoms with E-state index in [4.69, 9.17) is 0 Å². The fourth-order valence-electron chi connectivity index (χ4n) is 3.89. The van der Waals surface area contributed by atoms with Gasteiger partial charge in [-0.3, -0.25) is 9.69 Å². The number of piperidine rings is 1. The zero-order valence-corrected chi connectivity index (χ0v) is 15.3. The molecule has 2 saturated heterocycles. The maximum absolute atomic E-state index is 13.6. The maximum atomic E-state index is 13.6. The zero-order chi connectivity index (χ0) is 18.9. The Kier molecular flexibility index (Phi) is 5.30. The van der Waals surface area contributed by atoms with Crippen molar-refractivity contribution in [1.29, 1.82) is 0 Å². The molecule has 0 radical (unpaired) electrons. The molecular formula is C19H26F3N3O. The topological polar surface area (TPSA) is 35.6 Å².